The largest absolute Gasteiger partial charge is 0.380 e. The molecule has 1 N–H and O–H groups in total. The van der Waals surface area contributed by atoms with E-state index in [9.17, 15) is 0 Å². The minimum atomic E-state index is 0.537. The maximum absolute atomic E-state index is 4.25. The Balaban J connectivity index is 2.79. The highest BCUT2D eigenvalue weighted by Gasteiger charge is 2.06. The van der Waals surface area contributed by atoms with Gasteiger partial charge in [0.1, 0.15) is 4.60 Å². The van der Waals surface area contributed by atoms with Gasteiger partial charge in [-0.1, -0.05) is 13.8 Å². The van der Waals surface area contributed by atoms with Crippen molar-refractivity contribution in [3.63, 3.8) is 0 Å². The molecule has 1 rings (SSSR count). The highest BCUT2D eigenvalue weighted by molar-refractivity contribution is 9.10. The van der Waals surface area contributed by atoms with E-state index < -0.39 is 0 Å². The van der Waals surface area contributed by atoms with Crippen LogP contribution in [0.25, 0.3) is 0 Å². The van der Waals surface area contributed by atoms with Gasteiger partial charge in [0.05, 0.1) is 5.69 Å². The molecule has 1 heterocycles. The highest BCUT2D eigenvalue weighted by Crippen LogP contribution is 2.22. The molecule has 0 fully saturated rings. The Kier molecular flexibility index (Phi) is 4.39. The van der Waals surface area contributed by atoms with Crippen molar-refractivity contribution in [2.75, 3.05) is 5.32 Å². The third-order valence-corrected chi connectivity index (χ3v) is 2.95. The zero-order chi connectivity index (χ0) is 10.6. The maximum Gasteiger partial charge on any atom is 0.129 e. The molecule has 78 valence electrons. The van der Waals surface area contributed by atoms with Crippen molar-refractivity contribution in [3.05, 3.63) is 22.4 Å². The van der Waals surface area contributed by atoms with E-state index in [-0.39, 0.29) is 0 Å². The summed E-state index contributed by atoms with van der Waals surface area (Å²) in [4.78, 5) is 4.25. The number of nitrogens with one attached hydrogen (secondary N) is 1. The monoisotopic (exact) mass is 256 g/mol. The van der Waals surface area contributed by atoms with Crippen LogP contribution in [0.15, 0.2) is 16.9 Å². The van der Waals surface area contributed by atoms with Crippen molar-refractivity contribution < 1.29 is 0 Å². The number of aryl methyl sites for hydroxylation is 1. The molecule has 0 radical (unpaired) electrons. The van der Waals surface area contributed by atoms with Gasteiger partial charge in [0.15, 0.2) is 0 Å². The van der Waals surface area contributed by atoms with Crippen LogP contribution in [0.5, 0.6) is 0 Å². The van der Waals surface area contributed by atoms with Crippen LogP contribution in [-0.2, 0) is 0 Å². The summed E-state index contributed by atoms with van der Waals surface area (Å²) in [6.45, 7) is 6.44. The minimum absolute atomic E-state index is 0.537. The first kappa shape index (κ1) is 11.5. The Labute approximate surface area is 94.3 Å². The molecule has 0 bridgehead atoms. The van der Waals surface area contributed by atoms with Gasteiger partial charge in [-0.25, -0.2) is 4.98 Å². The van der Waals surface area contributed by atoms with E-state index >= 15 is 0 Å². The first-order valence-corrected chi connectivity index (χ1v) is 5.85. The van der Waals surface area contributed by atoms with Crippen molar-refractivity contribution >= 4 is 21.6 Å². The minimum Gasteiger partial charge on any atom is -0.380 e. The predicted molar refractivity (Wildman–Crippen MR) is 64.7 cm³/mol. The fraction of sp³-hybridized carbons (Fsp3) is 0.545. The lowest BCUT2D eigenvalue weighted by molar-refractivity contribution is 0.670. The maximum atomic E-state index is 4.25. The fourth-order valence-electron chi connectivity index (χ4n) is 1.37. The Bertz CT molecular complexity index is 295. The number of hydrogen-bond acceptors (Lipinski definition) is 2. The number of pyridine rings is 1. The second-order valence-electron chi connectivity index (χ2n) is 3.51. The number of halogens is 1. The first-order chi connectivity index (χ1) is 6.67. The summed E-state index contributed by atoms with van der Waals surface area (Å²) in [6.07, 6.45) is 4.13. The average molecular weight is 257 g/mol. The second-order valence-corrected chi connectivity index (χ2v) is 4.26. The van der Waals surface area contributed by atoms with Gasteiger partial charge >= 0.3 is 0 Å². The lowest BCUT2D eigenvalue weighted by Crippen LogP contribution is -2.17. The number of aromatic nitrogens is 1. The average Bonchev–Trinajstić information content (AvgIpc) is 2.19. The smallest absolute Gasteiger partial charge is 0.129 e. The van der Waals surface area contributed by atoms with Gasteiger partial charge in [0.25, 0.3) is 0 Å². The molecular weight excluding hydrogens is 240 g/mol. The summed E-state index contributed by atoms with van der Waals surface area (Å²) in [5, 5.41) is 3.48. The quantitative estimate of drug-likeness (QED) is 0.831. The van der Waals surface area contributed by atoms with E-state index in [1.165, 1.54) is 5.56 Å². The van der Waals surface area contributed by atoms with E-state index in [0.29, 0.717) is 6.04 Å². The number of rotatable bonds is 4. The summed E-state index contributed by atoms with van der Waals surface area (Å²) in [7, 11) is 0. The second kappa shape index (κ2) is 5.35. The highest BCUT2D eigenvalue weighted by atomic mass is 79.9. The molecule has 1 aromatic rings. The number of anilines is 1. The molecule has 0 aliphatic heterocycles. The van der Waals surface area contributed by atoms with Crippen LogP contribution >= 0.6 is 15.9 Å². The Hall–Kier alpha value is -0.570. The van der Waals surface area contributed by atoms with Crippen molar-refractivity contribution in [2.24, 2.45) is 0 Å². The molecule has 0 unspecified atom stereocenters. The third kappa shape index (κ3) is 2.98. The molecule has 0 saturated heterocycles. The summed E-state index contributed by atoms with van der Waals surface area (Å²) >= 11 is 3.44. The van der Waals surface area contributed by atoms with Gasteiger partial charge < -0.3 is 5.32 Å². The third-order valence-electron chi connectivity index (χ3n) is 2.32. The van der Waals surface area contributed by atoms with Crippen LogP contribution in [0, 0.1) is 6.92 Å². The zero-order valence-electron chi connectivity index (χ0n) is 8.97. The molecule has 0 atom stereocenters. The van der Waals surface area contributed by atoms with Crippen molar-refractivity contribution in [3.8, 4) is 0 Å². The van der Waals surface area contributed by atoms with E-state index in [4.69, 9.17) is 0 Å². The fourth-order valence-corrected chi connectivity index (χ4v) is 1.70. The van der Waals surface area contributed by atoms with Crippen LogP contribution in [0.3, 0.4) is 0 Å². The normalized spacial score (nSPS) is 10.6. The van der Waals surface area contributed by atoms with Crippen LogP contribution < -0.4 is 5.32 Å². The van der Waals surface area contributed by atoms with Gasteiger partial charge in [-0.15, -0.1) is 0 Å². The molecule has 0 aromatic carbocycles. The van der Waals surface area contributed by atoms with Gasteiger partial charge in [0.2, 0.25) is 0 Å². The lowest BCUT2D eigenvalue weighted by Gasteiger charge is -2.17. The lowest BCUT2D eigenvalue weighted by atomic mass is 10.1. The van der Waals surface area contributed by atoms with Crippen LogP contribution in [0.2, 0.25) is 0 Å². The molecule has 2 nitrogen and oxygen atoms in total. The van der Waals surface area contributed by atoms with Gasteiger partial charge in [0, 0.05) is 12.2 Å². The molecule has 0 saturated carbocycles. The van der Waals surface area contributed by atoms with Crippen molar-refractivity contribution in [1.29, 1.82) is 0 Å². The molecule has 14 heavy (non-hydrogen) atoms. The Morgan fingerprint density at radius 1 is 1.43 bits per heavy atom. The SMILES string of the molecule is CCC(CC)Nc1cc(C)cnc1Br. The van der Waals surface area contributed by atoms with E-state index in [2.05, 4.69) is 53.1 Å². The molecule has 0 spiro atoms. The summed E-state index contributed by atoms with van der Waals surface area (Å²) in [5.41, 5.74) is 2.28. The molecule has 3 heteroatoms. The van der Waals surface area contributed by atoms with Gasteiger partial charge in [-0.2, -0.15) is 0 Å². The topological polar surface area (TPSA) is 24.9 Å². The molecular formula is C11H17BrN2. The molecule has 0 aliphatic rings. The number of nitrogens with zero attached hydrogens (tertiary/aromatic N) is 1. The molecule has 0 amide bonds. The van der Waals surface area contributed by atoms with Crippen molar-refractivity contribution in [1.82, 2.24) is 4.98 Å². The molecule has 1 aromatic heterocycles. The van der Waals surface area contributed by atoms with Crippen LogP contribution in [0.1, 0.15) is 32.3 Å². The van der Waals surface area contributed by atoms with E-state index in [1.54, 1.807) is 0 Å². The predicted octanol–water partition coefficient (Wildman–Crippen LogP) is 3.75. The zero-order valence-corrected chi connectivity index (χ0v) is 10.6. The van der Waals surface area contributed by atoms with Crippen LogP contribution in [0.4, 0.5) is 5.69 Å². The molecule has 0 aliphatic carbocycles. The van der Waals surface area contributed by atoms with Crippen LogP contribution in [-0.4, -0.2) is 11.0 Å². The summed E-state index contributed by atoms with van der Waals surface area (Å²) in [6, 6.07) is 2.66. The Morgan fingerprint density at radius 3 is 2.64 bits per heavy atom. The summed E-state index contributed by atoms with van der Waals surface area (Å²) in [5.74, 6) is 0. The van der Waals surface area contributed by atoms with Gasteiger partial charge in [-0.3, -0.25) is 0 Å². The Morgan fingerprint density at radius 2 is 2.07 bits per heavy atom. The van der Waals surface area contributed by atoms with Crippen molar-refractivity contribution in [2.45, 2.75) is 39.7 Å². The van der Waals surface area contributed by atoms with E-state index in [0.717, 1.165) is 23.1 Å². The van der Waals surface area contributed by atoms with E-state index in [1.807, 2.05) is 6.20 Å². The summed E-state index contributed by atoms with van der Waals surface area (Å²) < 4.78 is 0.898. The number of hydrogen-bond donors (Lipinski definition) is 1. The van der Waals surface area contributed by atoms with Gasteiger partial charge in [-0.05, 0) is 47.3 Å². The standard InChI is InChI=1S/C11H17BrN2/c1-4-9(5-2)14-10-6-8(3)7-13-11(10)12/h6-7,9,14H,4-5H2,1-3H3. The first-order valence-electron chi connectivity index (χ1n) is 5.06.